The quantitative estimate of drug-likeness (QED) is 0.738. The Morgan fingerprint density at radius 3 is 2.68 bits per heavy atom. The molecule has 0 bridgehead atoms. The molecule has 0 aromatic heterocycles. The van der Waals surface area contributed by atoms with E-state index in [4.69, 9.17) is 0 Å². The topological polar surface area (TPSA) is 64.7 Å². The number of likely N-dealkylation sites (tertiary alicyclic amines) is 1. The van der Waals surface area contributed by atoms with Crippen molar-refractivity contribution in [2.75, 3.05) is 39.3 Å². The van der Waals surface area contributed by atoms with Gasteiger partial charge in [-0.05, 0) is 26.2 Å². The molecule has 19 heavy (non-hydrogen) atoms. The van der Waals surface area contributed by atoms with Crippen LogP contribution in [0.5, 0.6) is 0 Å². The highest BCUT2D eigenvalue weighted by molar-refractivity contribution is 5.81. The lowest BCUT2D eigenvalue weighted by Gasteiger charge is -2.29. The number of carbonyl (C=O) groups excluding carboxylic acids is 2. The van der Waals surface area contributed by atoms with Crippen LogP contribution >= 0.6 is 0 Å². The summed E-state index contributed by atoms with van der Waals surface area (Å²) in [6, 6.07) is -0.166. The molecule has 2 N–H and O–H groups in total. The van der Waals surface area contributed by atoms with Crippen LogP contribution < -0.4 is 10.6 Å². The van der Waals surface area contributed by atoms with Gasteiger partial charge in [-0.3, -0.25) is 4.79 Å². The summed E-state index contributed by atoms with van der Waals surface area (Å²) >= 11 is 0. The van der Waals surface area contributed by atoms with Gasteiger partial charge in [-0.1, -0.05) is 0 Å². The molecular weight excluding hydrogens is 244 g/mol. The minimum absolute atomic E-state index is 0.00295. The van der Waals surface area contributed by atoms with Crippen LogP contribution in [0.2, 0.25) is 0 Å². The molecule has 2 aliphatic heterocycles. The standard InChI is InChI=1S/C13H24N4O2/c1-11(12(18)16-7-3-2-4-8-16)14-5-9-17-10-6-15-13(17)19/h11,14H,2-10H2,1H3,(H,15,19). The number of rotatable bonds is 5. The molecule has 6 heteroatoms. The monoisotopic (exact) mass is 268 g/mol. The number of piperidine rings is 1. The van der Waals surface area contributed by atoms with E-state index in [-0.39, 0.29) is 18.0 Å². The van der Waals surface area contributed by atoms with Crippen molar-refractivity contribution in [3.63, 3.8) is 0 Å². The minimum Gasteiger partial charge on any atom is -0.341 e. The number of nitrogens with one attached hydrogen (secondary N) is 2. The summed E-state index contributed by atoms with van der Waals surface area (Å²) < 4.78 is 0. The van der Waals surface area contributed by atoms with Crippen molar-refractivity contribution in [1.82, 2.24) is 20.4 Å². The molecule has 1 atom stereocenters. The maximum Gasteiger partial charge on any atom is 0.317 e. The average Bonchev–Trinajstić information content (AvgIpc) is 2.84. The van der Waals surface area contributed by atoms with Crippen molar-refractivity contribution in [3.05, 3.63) is 0 Å². The second-order valence-electron chi connectivity index (χ2n) is 5.28. The lowest BCUT2D eigenvalue weighted by Crippen LogP contribution is -2.48. The Balaban J connectivity index is 1.67. The summed E-state index contributed by atoms with van der Waals surface area (Å²) in [6.45, 7) is 6.48. The predicted octanol–water partition coefficient (Wildman–Crippen LogP) is 0.00220. The molecule has 0 aromatic rings. The van der Waals surface area contributed by atoms with E-state index in [0.29, 0.717) is 13.1 Å². The van der Waals surface area contributed by atoms with E-state index in [1.54, 1.807) is 4.90 Å². The van der Waals surface area contributed by atoms with Gasteiger partial charge in [-0.25, -0.2) is 4.79 Å². The van der Waals surface area contributed by atoms with Gasteiger partial charge in [0.15, 0.2) is 0 Å². The number of nitrogens with zero attached hydrogens (tertiary/aromatic N) is 2. The number of hydrogen-bond donors (Lipinski definition) is 2. The second kappa shape index (κ2) is 6.75. The molecule has 1 unspecified atom stereocenters. The van der Waals surface area contributed by atoms with E-state index in [0.717, 1.165) is 39.0 Å². The van der Waals surface area contributed by atoms with E-state index in [2.05, 4.69) is 10.6 Å². The van der Waals surface area contributed by atoms with Crippen molar-refractivity contribution in [2.24, 2.45) is 0 Å². The van der Waals surface area contributed by atoms with Crippen LogP contribution in [0.3, 0.4) is 0 Å². The summed E-state index contributed by atoms with van der Waals surface area (Å²) in [7, 11) is 0. The van der Waals surface area contributed by atoms with E-state index in [9.17, 15) is 9.59 Å². The fourth-order valence-corrected chi connectivity index (χ4v) is 2.62. The van der Waals surface area contributed by atoms with Gasteiger partial charge in [0.1, 0.15) is 0 Å². The minimum atomic E-state index is -0.163. The van der Waals surface area contributed by atoms with Crippen molar-refractivity contribution >= 4 is 11.9 Å². The average molecular weight is 268 g/mol. The Kier molecular flexibility index (Phi) is 5.01. The van der Waals surface area contributed by atoms with Crippen molar-refractivity contribution in [1.29, 1.82) is 0 Å². The first-order valence-corrected chi connectivity index (χ1v) is 7.23. The Morgan fingerprint density at radius 2 is 2.05 bits per heavy atom. The third kappa shape index (κ3) is 3.83. The molecule has 2 saturated heterocycles. The molecule has 2 rings (SSSR count). The fourth-order valence-electron chi connectivity index (χ4n) is 2.62. The molecule has 108 valence electrons. The largest absolute Gasteiger partial charge is 0.341 e. The third-order valence-corrected chi connectivity index (χ3v) is 3.82. The number of amides is 3. The first kappa shape index (κ1) is 14.1. The number of hydrogen-bond acceptors (Lipinski definition) is 3. The molecule has 0 spiro atoms. The highest BCUT2D eigenvalue weighted by Gasteiger charge is 2.23. The van der Waals surface area contributed by atoms with Gasteiger partial charge >= 0.3 is 6.03 Å². The van der Waals surface area contributed by atoms with E-state index in [1.807, 2.05) is 11.8 Å². The molecule has 3 amide bonds. The molecule has 6 nitrogen and oxygen atoms in total. The Labute approximate surface area is 114 Å². The van der Waals surface area contributed by atoms with Crippen molar-refractivity contribution < 1.29 is 9.59 Å². The van der Waals surface area contributed by atoms with Crippen LogP contribution in [0, 0.1) is 0 Å². The highest BCUT2D eigenvalue weighted by atomic mass is 16.2. The van der Waals surface area contributed by atoms with Gasteiger partial charge in [0.2, 0.25) is 5.91 Å². The first-order chi connectivity index (χ1) is 9.18. The maximum atomic E-state index is 12.2. The molecule has 0 aliphatic carbocycles. The number of urea groups is 1. The molecule has 2 fully saturated rings. The third-order valence-electron chi connectivity index (χ3n) is 3.82. The van der Waals surface area contributed by atoms with Crippen molar-refractivity contribution in [3.8, 4) is 0 Å². The summed E-state index contributed by atoms with van der Waals surface area (Å²) in [5.74, 6) is 0.186. The van der Waals surface area contributed by atoms with Gasteiger partial charge in [0.25, 0.3) is 0 Å². The smallest absolute Gasteiger partial charge is 0.317 e. The molecule has 0 aromatic carbocycles. The Bertz CT molecular complexity index is 329. The lowest BCUT2D eigenvalue weighted by atomic mass is 10.1. The zero-order valence-corrected chi connectivity index (χ0v) is 11.7. The van der Waals surface area contributed by atoms with Crippen LogP contribution in [0.25, 0.3) is 0 Å². The zero-order chi connectivity index (χ0) is 13.7. The molecule has 2 heterocycles. The lowest BCUT2D eigenvalue weighted by molar-refractivity contribution is -0.133. The highest BCUT2D eigenvalue weighted by Crippen LogP contribution is 2.09. The zero-order valence-electron chi connectivity index (χ0n) is 11.7. The Morgan fingerprint density at radius 1 is 1.32 bits per heavy atom. The fraction of sp³-hybridized carbons (Fsp3) is 0.846. The summed E-state index contributed by atoms with van der Waals surface area (Å²) in [6.07, 6.45) is 3.47. The van der Waals surface area contributed by atoms with Crippen LogP contribution in [0.15, 0.2) is 0 Å². The molecular formula is C13H24N4O2. The molecule has 0 saturated carbocycles. The summed E-state index contributed by atoms with van der Waals surface area (Å²) in [5.41, 5.74) is 0. The van der Waals surface area contributed by atoms with E-state index < -0.39 is 0 Å². The molecule has 2 aliphatic rings. The van der Waals surface area contributed by atoms with Crippen LogP contribution in [0.1, 0.15) is 26.2 Å². The normalized spacial score (nSPS) is 21.4. The molecule has 0 radical (unpaired) electrons. The van der Waals surface area contributed by atoms with Crippen LogP contribution in [0.4, 0.5) is 4.79 Å². The summed E-state index contributed by atoms with van der Waals surface area (Å²) in [5, 5.41) is 5.98. The SMILES string of the molecule is CC(NCCN1CCNC1=O)C(=O)N1CCCCC1. The van der Waals surface area contributed by atoms with Gasteiger partial charge in [-0.2, -0.15) is 0 Å². The van der Waals surface area contributed by atoms with Crippen LogP contribution in [-0.2, 0) is 4.79 Å². The van der Waals surface area contributed by atoms with Crippen LogP contribution in [-0.4, -0.2) is 67.0 Å². The van der Waals surface area contributed by atoms with Gasteiger partial charge in [0, 0.05) is 39.3 Å². The second-order valence-corrected chi connectivity index (χ2v) is 5.28. The predicted molar refractivity (Wildman–Crippen MR) is 72.9 cm³/mol. The first-order valence-electron chi connectivity index (χ1n) is 7.23. The van der Waals surface area contributed by atoms with E-state index >= 15 is 0 Å². The maximum absolute atomic E-state index is 12.2. The van der Waals surface area contributed by atoms with E-state index in [1.165, 1.54) is 6.42 Å². The summed E-state index contributed by atoms with van der Waals surface area (Å²) in [4.78, 5) is 27.2. The van der Waals surface area contributed by atoms with Gasteiger partial charge in [0.05, 0.1) is 6.04 Å². The number of carbonyl (C=O) groups is 2. The Hall–Kier alpha value is -1.30. The van der Waals surface area contributed by atoms with Crippen molar-refractivity contribution in [2.45, 2.75) is 32.2 Å². The van der Waals surface area contributed by atoms with Gasteiger partial charge < -0.3 is 20.4 Å². The van der Waals surface area contributed by atoms with Gasteiger partial charge in [-0.15, -0.1) is 0 Å².